The van der Waals surface area contributed by atoms with E-state index in [4.69, 9.17) is 10.00 Å². The largest absolute Gasteiger partial charge is 0.446 e. The van der Waals surface area contributed by atoms with E-state index >= 15 is 0 Å². The smallest absolute Gasteiger partial charge is 0.411 e. The molecule has 0 radical (unpaired) electrons. The minimum absolute atomic E-state index is 0.250. The lowest BCUT2D eigenvalue weighted by Crippen LogP contribution is -2.21. The number of amides is 1. The third kappa shape index (κ3) is 4.90. The Bertz CT molecular complexity index is 693. The Labute approximate surface area is 137 Å². The zero-order valence-electron chi connectivity index (χ0n) is 12.0. The zero-order valence-corrected chi connectivity index (χ0v) is 13.6. The molecule has 1 unspecified atom stereocenters. The lowest BCUT2D eigenvalue weighted by atomic mass is 10.1. The van der Waals surface area contributed by atoms with Crippen molar-refractivity contribution in [3.05, 3.63) is 64.1 Å². The van der Waals surface area contributed by atoms with Gasteiger partial charge < -0.3 is 4.74 Å². The quantitative estimate of drug-likeness (QED) is 0.874. The Morgan fingerprint density at radius 3 is 2.73 bits per heavy atom. The molecule has 1 atom stereocenters. The number of benzene rings is 2. The van der Waals surface area contributed by atoms with Gasteiger partial charge in [0.15, 0.2) is 0 Å². The number of carbonyl (C=O) groups excluding carboxylic acids is 1. The summed E-state index contributed by atoms with van der Waals surface area (Å²) in [6.45, 7) is 1.84. The highest BCUT2D eigenvalue weighted by Gasteiger charge is 2.10. The molecule has 0 bridgehead atoms. The Morgan fingerprint density at radius 2 is 2.05 bits per heavy atom. The second kappa shape index (κ2) is 7.62. The topological polar surface area (TPSA) is 62.1 Å². The van der Waals surface area contributed by atoms with Crippen LogP contribution in [0, 0.1) is 11.3 Å². The summed E-state index contributed by atoms with van der Waals surface area (Å²) in [5, 5.41) is 11.5. The first-order valence-corrected chi connectivity index (χ1v) is 7.58. The Kier molecular flexibility index (Phi) is 5.56. The first-order valence-electron chi connectivity index (χ1n) is 6.79. The molecule has 0 aromatic heterocycles. The molecule has 0 saturated heterocycles. The summed E-state index contributed by atoms with van der Waals surface area (Å²) in [5.74, 6) is 0. The predicted molar refractivity (Wildman–Crippen MR) is 88.6 cm³/mol. The van der Waals surface area contributed by atoms with Gasteiger partial charge in [-0.2, -0.15) is 5.26 Å². The van der Waals surface area contributed by atoms with E-state index in [1.54, 1.807) is 24.3 Å². The van der Waals surface area contributed by atoms with E-state index in [0.29, 0.717) is 17.7 Å². The average molecular weight is 359 g/mol. The van der Waals surface area contributed by atoms with Crippen molar-refractivity contribution < 1.29 is 9.53 Å². The van der Waals surface area contributed by atoms with Crippen molar-refractivity contribution in [2.75, 3.05) is 5.32 Å². The van der Waals surface area contributed by atoms with Gasteiger partial charge in [0.1, 0.15) is 6.10 Å². The molecule has 0 spiro atoms. The molecule has 0 heterocycles. The molecule has 2 aromatic rings. The monoisotopic (exact) mass is 358 g/mol. The van der Waals surface area contributed by atoms with Gasteiger partial charge >= 0.3 is 6.09 Å². The van der Waals surface area contributed by atoms with Crippen molar-refractivity contribution in [3.63, 3.8) is 0 Å². The van der Waals surface area contributed by atoms with Crippen LogP contribution in [0.2, 0.25) is 0 Å². The van der Waals surface area contributed by atoms with Gasteiger partial charge in [-0.15, -0.1) is 0 Å². The number of halogens is 1. The van der Waals surface area contributed by atoms with Gasteiger partial charge in [-0.3, -0.25) is 5.32 Å². The Hall–Kier alpha value is -2.32. The fourth-order valence-corrected chi connectivity index (χ4v) is 2.25. The molecule has 22 heavy (non-hydrogen) atoms. The molecule has 0 aliphatic carbocycles. The van der Waals surface area contributed by atoms with E-state index in [0.717, 1.165) is 10.0 Å². The van der Waals surface area contributed by atoms with E-state index in [1.807, 2.05) is 37.3 Å². The third-order valence-corrected chi connectivity index (χ3v) is 3.51. The van der Waals surface area contributed by atoms with Crippen LogP contribution in [0.5, 0.6) is 0 Å². The molecule has 5 heteroatoms. The highest BCUT2D eigenvalue weighted by atomic mass is 79.9. The summed E-state index contributed by atoms with van der Waals surface area (Å²) in [6.07, 6.45) is -0.140. The normalized spacial score (nSPS) is 11.3. The van der Waals surface area contributed by atoms with Crippen LogP contribution in [-0.4, -0.2) is 12.2 Å². The number of hydrogen-bond acceptors (Lipinski definition) is 3. The van der Waals surface area contributed by atoms with E-state index in [-0.39, 0.29) is 6.10 Å². The summed E-state index contributed by atoms with van der Waals surface area (Å²) in [6, 6.07) is 16.6. The minimum Gasteiger partial charge on any atom is -0.446 e. The summed E-state index contributed by atoms with van der Waals surface area (Å²) in [5.41, 5.74) is 2.12. The summed E-state index contributed by atoms with van der Waals surface area (Å²) < 4.78 is 6.33. The van der Waals surface area contributed by atoms with Crippen molar-refractivity contribution in [1.29, 1.82) is 5.26 Å². The number of anilines is 1. The first-order chi connectivity index (χ1) is 10.6. The Balaban J connectivity index is 1.88. The molecule has 112 valence electrons. The molecule has 1 amide bonds. The van der Waals surface area contributed by atoms with E-state index < -0.39 is 6.09 Å². The standard InChI is InChI=1S/C17H15BrN2O2/c1-12(9-13-5-7-15(18)8-6-13)22-17(21)20-16-4-2-3-14(10-16)11-19/h2-8,10,12H,9H2,1H3,(H,20,21). The molecule has 2 rings (SSSR count). The van der Waals surface area contributed by atoms with Crippen LogP contribution in [0.25, 0.3) is 0 Å². The zero-order chi connectivity index (χ0) is 15.9. The summed E-state index contributed by atoms with van der Waals surface area (Å²) in [7, 11) is 0. The van der Waals surface area contributed by atoms with Crippen LogP contribution in [-0.2, 0) is 11.2 Å². The summed E-state index contributed by atoms with van der Waals surface area (Å²) in [4.78, 5) is 11.8. The van der Waals surface area contributed by atoms with Gasteiger partial charge in [0.25, 0.3) is 0 Å². The fraction of sp³-hybridized carbons (Fsp3) is 0.176. The maximum atomic E-state index is 11.8. The number of rotatable bonds is 4. The minimum atomic E-state index is -0.528. The van der Waals surface area contributed by atoms with Gasteiger partial charge in [-0.1, -0.05) is 34.1 Å². The molecule has 0 fully saturated rings. The molecule has 1 N–H and O–H groups in total. The summed E-state index contributed by atoms with van der Waals surface area (Å²) >= 11 is 3.38. The highest BCUT2D eigenvalue weighted by Crippen LogP contribution is 2.14. The van der Waals surface area contributed by atoms with Gasteiger partial charge in [0.2, 0.25) is 0 Å². The molecule has 0 aliphatic rings. The van der Waals surface area contributed by atoms with E-state index in [9.17, 15) is 4.79 Å². The van der Waals surface area contributed by atoms with Gasteiger partial charge in [-0.25, -0.2) is 4.79 Å². The lowest BCUT2D eigenvalue weighted by molar-refractivity contribution is 0.120. The number of carbonyl (C=O) groups is 1. The average Bonchev–Trinajstić information content (AvgIpc) is 2.49. The van der Waals surface area contributed by atoms with Crippen molar-refractivity contribution >= 4 is 27.7 Å². The van der Waals surface area contributed by atoms with Crippen molar-refractivity contribution in [3.8, 4) is 6.07 Å². The van der Waals surface area contributed by atoms with Crippen molar-refractivity contribution in [2.24, 2.45) is 0 Å². The van der Waals surface area contributed by atoms with E-state index in [1.165, 1.54) is 0 Å². The SMILES string of the molecule is CC(Cc1ccc(Br)cc1)OC(=O)Nc1cccc(C#N)c1. The predicted octanol–water partition coefficient (Wildman–Crippen LogP) is 4.50. The van der Waals surface area contributed by atoms with Crippen molar-refractivity contribution in [1.82, 2.24) is 0 Å². The fourth-order valence-electron chi connectivity index (χ4n) is 1.99. The number of hydrogen-bond donors (Lipinski definition) is 1. The van der Waals surface area contributed by atoms with Crippen molar-refractivity contribution in [2.45, 2.75) is 19.4 Å². The maximum absolute atomic E-state index is 11.8. The number of nitrogens with one attached hydrogen (secondary N) is 1. The van der Waals surface area contributed by atoms with Crippen LogP contribution in [0.1, 0.15) is 18.1 Å². The molecule has 0 saturated carbocycles. The first kappa shape index (κ1) is 16.1. The van der Waals surface area contributed by atoms with Gasteiger partial charge in [0, 0.05) is 16.6 Å². The third-order valence-electron chi connectivity index (χ3n) is 2.98. The molecule has 0 aliphatic heterocycles. The highest BCUT2D eigenvalue weighted by molar-refractivity contribution is 9.10. The molecule has 2 aromatic carbocycles. The van der Waals surface area contributed by atoms with Gasteiger partial charge in [-0.05, 0) is 42.8 Å². The lowest BCUT2D eigenvalue weighted by Gasteiger charge is -2.14. The Morgan fingerprint density at radius 1 is 1.32 bits per heavy atom. The number of nitriles is 1. The van der Waals surface area contributed by atoms with E-state index in [2.05, 4.69) is 21.2 Å². The number of ether oxygens (including phenoxy) is 1. The molecular formula is C17H15BrN2O2. The maximum Gasteiger partial charge on any atom is 0.411 e. The molecule has 4 nitrogen and oxygen atoms in total. The van der Waals surface area contributed by atoms with Crippen LogP contribution >= 0.6 is 15.9 Å². The number of nitrogens with zero attached hydrogens (tertiary/aromatic N) is 1. The van der Waals surface area contributed by atoms with Gasteiger partial charge in [0.05, 0.1) is 11.6 Å². The second-order valence-electron chi connectivity index (χ2n) is 4.86. The van der Waals surface area contributed by atoms with Crippen LogP contribution in [0.15, 0.2) is 53.0 Å². The van der Waals surface area contributed by atoms with Crippen LogP contribution < -0.4 is 5.32 Å². The second-order valence-corrected chi connectivity index (χ2v) is 5.78. The molecular weight excluding hydrogens is 344 g/mol. The van der Waals surface area contributed by atoms with Crippen LogP contribution in [0.4, 0.5) is 10.5 Å². The van der Waals surface area contributed by atoms with Crippen LogP contribution in [0.3, 0.4) is 0 Å².